The topological polar surface area (TPSA) is 147 Å². The van der Waals surface area contributed by atoms with Gasteiger partial charge in [-0.1, -0.05) is 6.42 Å². The summed E-state index contributed by atoms with van der Waals surface area (Å²) in [6, 6.07) is 11.8. The van der Waals surface area contributed by atoms with Gasteiger partial charge in [0.25, 0.3) is 11.5 Å². The van der Waals surface area contributed by atoms with Gasteiger partial charge >= 0.3 is 0 Å². The smallest absolute Gasteiger partial charge is 0.284 e. The quantitative estimate of drug-likeness (QED) is 0.214. The minimum Gasteiger partial charge on any atom is -0.453 e. The van der Waals surface area contributed by atoms with Crippen molar-refractivity contribution < 1.29 is 23.4 Å². The second-order valence-electron chi connectivity index (χ2n) is 9.87. The number of anilines is 2. The molecule has 2 atom stereocenters. The molecule has 214 valence electrons. The van der Waals surface area contributed by atoms with E-state index in [1.165, 1.54) is 54.9 Å². The summed E-state index contributed by atoms with van der Waals surface area (Å²) in [5.74, 6) is -1.21. The number of aliphatic hydroxyl groups is 1. The van der Waals surface area contributed by atoms with Crippen molar-refractivity contribution in [3.63, 3.8) is 0 Å². The molecule has 1 amide bonds. The number of aromatic amines is 1. The minimum absolute atomic E-state index is 0.0365. The summed E-state index contributed by atoms with van der Waals surface area (Å²) in [6.07, 6.45) is 5.57. The van der Waals surface area contributed by atoms with E-state index >= 15 is 4.39 Å². The lowest BCUT2D eigenvalue weighted by Gasteiger charge is -2.19. The van der Waals surface area contributed by atoms with Crippen molar-refractivity contribution in [2.75, 3.05) is 17.2 Å². The Morgan fingerprint density at radius 3 is 2.69 bits per heavy atom. The number of amides is 1. The maximum atomic E-state index is 15.2. The van der Waals surface area contributed by atoms with E-state index in [9.17, 15) is 19.1 Å². The lowest BCUT2D eigenvalue weighted by Crippen LogP contribution is -2.29. The molecule has 0 aliphatic heterocycles. The first-order valence-electron chi connectivity index (χ1n) is 13.2. The van der Waals surface area contributed by atoms with Gasteiger partial charge in [-0.15, -0.1) is 0 Å². The average Bonchev–Trinajstić information content (AvgIpc) is 3.62. The zero-order valence-electron chi connectivity index (χ0n) is 22.1. The fraction of sp³-hybridized carbons (Fsp3) is 0.207. The summed E-state index contributed by atoms with van der Waals surface area (Å²) in [5, 5.41) is 27.2. The Kier molecular flexibility index (Phi) is 7.32. The summed E-state index contributed by atoms with van der Waals surface area (Å²) in [7, 11) is 0. The molecule has 1 aliphatic rings. The van der Waals surface area contributed by atoms with E-state index in [-0.39, 0.29) is 41.3 Å². The molecule has 1 saturated carbocycles. The first kappa shape index (κ1) is 27.0. The zero-order chi connectivity index (χ0) is 29.2. The van der Waals surface area contributed by atoms with Crippen LogP contribution in [-0.4, -0.2) is 48.6 Å². The highest BCUT2D eigenvalue weighted by Crippen LogP contribution is 2.36. The SMILES string of the molecule is O=C(Nc1ccc(Oc2ccnc3[nH]nc(N[C@@H]4CCCC4CO)c23)c(F)c1)c1ccnn(-c2ccc(F)cc2)c1=O. The summed E-state index contributed by atoms with van der Waals surface area (Å²) >= 11 is 0. The molecule has 2 aromatic carbocycles. The highest BCUT2D eigenvalue weighted by Gasteiger charge is 2.28. The Balaban J connectivity index is 1.21. The molecular weight excluding hydrogens is 548 g/mol. The van der Waals surface area contributed by atoms with Crippen LogP contribution in [0.2, 0.25) is 0 Å². The van der Waals surface area contributed by atoms with Crippen molar-refractivity contribution in [1.82, 2.24) is 25.0 Å². The van der Waals surface area contributed by atoms with Gasteiger partial charge in [0.15, 0.2) is 23.0 Å². The fourth-order valence-electron chi connectivity index (χ4n) is 5.06. The monoisotopic (exact) mass is 573 g/mol. The second kappa shape index (κ2) is 11.4. The molecule has 0 bridgehead atoms. The normalized spacial score (nSPS) is 16.5. The largest absolute Gasteiger partial charge is 0.453 e. The van der Waals surface area contributed by atoms with Crippen LogP contribution in [-0.2, 0) is 0 Å². The molecule has 1 fully saturated rings. The van der Waals surface area contributed by atoms with Gasteiger partial charge in [-0.2, -0.15) is 14.9 Å². The van der Waals surface area contributed by atoms with Crippen LogP contribution in [0.3, 0.4) is 0 Å². The molecule has 11 nitrogen and oxygen atoms in total. The first-order chi connectivity index (χ1) is 20.4. The third kappa shape index (κ3) is 5.29. The number of ether oxygens (including phenoxy) is 1. The van der Waals surface area contributed by atoms with E-state index in [1.807, 2.05) is 0 Å². The Labute approximate surface area is 237 Å². The van der Waals surface area contributed by atoms with Crippen LogP contribution in [0.25, 0.3) is 16.7 Å². The lowest BCUT2D eigenvalue weighted by molar-refractivity contribution is 0.102. The molecule has 3 aromatic heterocycles. The summed E-state index contributed by atoms with van der Waals surface area (Å²) < 4.78 is 35.3. The number of aromatic nitrogens is 5. The van der Waals surface area contributed by atoms with Crippen LogP contribution in [0.1, 0.15) is 29.6 Å². The van der Waals surface area contributed by atoms with Crippen molar-refractivity contribution in [3.05, 3.63) is 94.5 Å². The third-order valence-corrected chi connectivity index (χ3v) is 7.21. The lowest BCUT2D eigenvalue weighted by atomic mass is 10.1. The number of rotatable bonds is 8. The summed E-state index contributed by atoms with van der Waals surface area (Å²) in [6.45, 7) is 0.0707. The molecule has 13 heteroatoms. The van der Waals surface area contributed by atoms with Crippen LogP contribution in [0.5, 0.6) is 11.5 Å². The van der Waals surface area contributed by atoms with Crippen LogP contribution in [0, 0.1) is 17.6 Å². The average molecular weight is 574 g/mol. The number of nitrogens with one attached hydrogen (secondary N) is 3. The highest BCUT2D eigenvalue weighted by atomic mass is 19.1. The summed E-state index contributed by atoms with van der Waals surface area (Å²) in [5.41, 5.74) is -0.143. The van der Waals surface area contributed by atoms with Crippen molar-refractivity contribution >= 4 is 28.4 Å². The van der Waals surface area contributed by atoms with E-state index < -0.39 is 23.1 Å². The number of aliphatic hydroxyl groups excluding tert-OH is 1. The van der Waals surface area contributed by atoms with Gasteiger partial charge in [0, 0.05) is 48.8 Å². The van der Waals surface area contributed by atoms with Crippen molar-refractivity contribution in [3.8, 4) is 17.2 Å². The number of nitrogens with zero attached hydrogens (tertiary/aromatic N) is 4. The van der Waals surface area contributed by atoms with Gasteiger partial charge in [-0.25, -0.2) is 13.8 Å². The maximum absolute atomic E-state index is 15.2. The Morgan fingerprint density at radius 1 is 1.07 bits per heavy atom. The van der Waals surface area contributed by atoms with Crippen molar-refractivity contribution in [2.24, 2.45) is 5.92 Å². The van der Waals surface area contributed by atoms with Crippen molar-refractivity contribution in [1.29, 1.82) is 0 Å². The third-order valence-electron chi connectivity index (χ3n) is 7.21. The van der Waals surface area contributed by atoms with Crippen molar-refractivity contribution in [2.45, 2.75) is 25.3 Å². The number of benzene rings is 2. The number of carbonyl (C=O) groups is 1. The molecule has 0 radical (unpaired) electrons. The van der Waals surface area contributed by atoms with Gasteiger partial charge < -0.3 is 20.5 Å². The minimum atomic E-state index is -0.774. The number of fused-ring (bicyclic) bond motifs is 1. The Bertz CT molecular complexity index is 1820. The number of H-pyrrole nitrogens is 1. The molecule has 1 unspecified atom stereocenters. The Morgan fingerprint density at radius 2 is 1.90 bits per heavy atom. The van der Waals surface area contributed by atoms with Gasteiger partial charge in [-0.05, 0) is 55.3 Å². The van der Waals surface area contributed by atoms with Crippen LogP contribution >= 0.6 is 0 Å². The molecule has 0 spiro atoms. The van der Waals surface area contributed by atoms with Crippen LogP contribution in [0.4, 0.5) is 20.3 Å². The van der Waals surface area contributed by atoms with Gasteiger partial charge in [0.2, 0.25) is 0 Å². The number of pyridine rings is 1. The van der Waals surface area contributed by atoms with Gasteiger partial charge in [0.05, 0.1) is 5.69 Å². The number of halogens is 2. The van der Waals surface area contributed by atoms with Gasteiger partial charge in [-0.3, -0.25) is 14.7 Å². The number of hydrogen-bond acceptors (Lipinski definition) is 8. The van der Waals surface area contributed by atoms with E-state index in [2.05, 4.69) is 30.9 Å². The maximum Gasteiger partial charge on any atom is 0.284 e. The van der Waals surface area contributed by atoms with E-state index in [0.717, 1.165) is 30.0 Å². The first-order valence-corrected chi connectivity index (χ1v) is 13.2. The molecule has 42 heavy (non-hydrogen) atoms. The van der Waals surface area contributed by atoms with E-state index in [4.69, 9.17) is 4.74 Å². The second-order valence-corrected chi connectivity index (χ2v) is 9.87. The van der Waals surface area contributed by atoms with E-state index in [0.29, 0.717) is 22.6 Å². The number of hydrogen-bond donors (Lipinski definition) is 4. The molecule has 3 heterocycles. The molecule has 1 aliphatic carbocycles. The fourth-order valence-corrected chi connectivity index (χ4v) is 5.06. The Hall–Kier alpha value is -5.17. The van der Waals surface area contributed by atoms with Crippen LogP contribution < -0.4 is 20.9 Å². The molecule has 5 aromatic rings. The molecule has 6 rings (SSSR count). The predicted octanol–water partition coefficient (Wildman–Crippen LogP) is 4.40. The van der Waals surface area contributed by atoms with E-state index in [1.54, 1.807) is 6.07 Å². The number of carbonyl (C=O) groups excluding carboxylic acids is 1. The van der Waals surface area contributed by atoms with Crippen LogP contribution in [0.15, 0.2) is 71.8 Å². The molecular formula is C29H25F2N7O4. The molecule has 4 N–H and O–H groups in total. The highest BCUT2D eigenvalue weighted by molar-refractivity contribution is 6.04. The zero-order valence-corrected chi connectivity index (χ0v) is 22.1. The summed E-state index contributed by atoms with van der Waals surface area (Å²) in [4.78, 5) is 30.1. The standard InChI is InChI=1S/C29H25F2N7O4/c30-17-4-7-19(8-5-17)38-29(41)20(10-13-33-38)28(40)34-18-6-9-23(21(31)14-18)42-24-11-12-32-26-25(24)27(37-36-26)35-22-3-1-2-16(22)15-39/h4-14,16,22,39H,1-3,15H2,(H,34,40)(H2,32,35,36,37)/t16?,22-/m1/s1. The predicted molar refractivity (Wildman–Crippen MR) is 150 cm³/mol. The van der Waals surface area contributed by atoms with Gasteiger partial charge in [0.1, 0.15) is 22.5 Å². The molecule has 0 saturated heterocycles.